The minimum atomic E-state index is -0.129. The molecular weight excluding hydrogens is 366 g/mol. The molecule has 0 radical (unpaired) electrons. The molecule has 0 aromatic heterocycles. The number of hydrazone groups is 1. The fourth-order valence-electron chi connectivity index (χ4n) is 4.08. The van der Waals surface area contributed by atoms with Gasteiger partial charge in [0.2, 0.25) is 0 Å². The zero-order valence-electron chi connectivity index (χ0n) is 17.0. The number of nitrogens with zero attached hydrogens (tertiary/aromatic N) is 3. The molecule has 2 aromatic rings. The van der Waals surface area contributed by atoms with Crippen molar-refractivity contribution in [1.29, 1.82) is 0 Å². The number of carbonyl (C=O) groups excluding carboxylic acids is 1. The summed E-state index contributed by atoms with van der Waals surface area (Å²) >= 11 is 0. The minimum absolute atomic E-state index is 0.0395. The molecule has 6 heteroatoms. The highest BCUT2D eigenvalue weighted by Gasteiger charge is 2.34. The first-order valence-electron chi connectivity index (χ1n) is 10.1. The second kappa shape index (κ2) is 8.66. The van der Waals surface area contributed by atoms with Gasteiger partial charge in [-0.15, -0.1) is 0 Å². The first kappa shape index (κ1) is 19.5. The van der Waals surface area contributed by atoms with E-state index in [2.05, 4.69) is 4.90 Å². The Labute approximate surface area is 171 Å². The van der Waals surface area contributed by atoms with Crippen LogP contribution in [0, 0.1) is 0 Å². The molecule has 0 saturated carbocycles. The van der Waals surface area contributed by atoms with Gasteiger partial charge in [-0.05, 0) is 55.8 Å². The summed E-state index contributed by atoms with van der Waals surface area (Å²) in [7, 11) is 3.31. The topological polar surface area (TPSA) is 54.4 Å². The Kier molecular flexibility index (Phi) is 5.81. The molecule has 2 aliphatic rings. The summed E-state index contributed by atoms with van der Waals surface area (Å²) in [5.41, 5.74) is 2.86. The quantitative estimate of drug-likeness (QED) is 0.754. The van der Waals surface area contributed by atoms with Crippen LogP contribution in [-0.4, -0.2) is 55.4 Å². The molecule has 2 heterocycles. The molecule has 29 heavy (non-hydrogen) atoms. The molecule has 1 amide bonds. The number of methoxy groups -OCH3 is 2. The van der Waals surface area contributed by atoms with Crippen molar-refractivity contribution in [2.45, 2.75) is 25.3 Å². The molecule has 6 nitrogen and oxygen atoms in total. The first-order chi connectivity index (χ1) is 14.2. The lowest BCUT2D eigenvalue weighted by molar-refractivity contribution is -0.134. The van der Waals surface area contributed by atoms with Crippen LogP contribution in [0.1, 0.15) is 36.4 Å². The van der Waals surface area contributed by atoms with Crippen LogP contribution in [0.15, 0.2) is 53.6 Å². The smallest absolute Gasteiger partial charge is 0.257 e. The Morgan fingerprint density at radius 2 is 1.76 bits per heavy atom. The largest absolute Gasteiger partial charge is 0.497 e. The van der Waals surface area contributed by atoms with Gasteiger partial charge in [-0.3, -0.25) is 9.69 Å². The fraction of sp³-hybridized carbons (Fsp3) is 0.391. The van der Waals surface area contributed by atoms with Gasteiger partial charge in [0.1, 0.15) is 11.5 Å². The molecule has 152 valence electrons. The molecule has 0 bridgehead atoms. The Bertz CT molecular complexity index is 888. The molecule has 1 unspecified atom stereocenters. The maximum Gasteiger partial charge on any atom is 0.257 e. The number of rotatable bonds is 6. The average molecular weight is 393 g/mol. The van der Waals surface area contributed by atoms with Gasteiger partial charge in [0.05, 0.1) is 32.5 Å². The fourth-order valence-corrected chi connectivity index (χ4v) is 4.08. The highest BCUT2D eigenvalue weighted by atomic mass is 16.5. The minimum Gasteiger partial charge on any atom is -0.497 e. The lowest BCUT2D eigenvalue weighted by Gasteiger charge is -2.24. The Morgan fingerprint density at radius 3 is 2.45 bits per heavy atom. The molecular formula is C23H27N3O3. The van der Waals surface area contributed by atoms with Crippen LogP contribution in [0.3, 0.4) is 0 Å². The first-order valence-corrected chi connectivity index (χ1v) is 10.1. The SMILES string of the molecule is COc1ccc(C2CC(c3ccccc3OC)=NN2C(=O)CN2CCCC2)cc1. The van der Waals surface area contributed by atoms with Crippen molar-refractivity contribution >= 4 is 11.6 Å². The lowest BCUT2D eigenvalue weighted by Crippen LogP contribution is -2.36. The normalized spacial score (nSPS) is 19.3. The second-order valence-corrected chi connectivity index (χ2v) is 7.46. The van der Waals surface area contributed by atoms with Crippen LogP contribution in [0.25, 0.3) is 0 Å². The summed E-state index contributed by atoms with van der Waals surface area (Å²) in [6, 6.07) is 15.6. The van der Waals surface area contributed by atoms with Gasteiger partial charge in [-0.1, -0.05) is 24.3 Å². The highest BCUT2D eigenvalue weighted by Crippen LogP contribution is 2.35. The van der Waals surface area contributed by atoms with Crippen molar-refractivity contribution in [3.8, 4) is 11.5 Å². The molecule has 0 aliphatic carbocycles. The van der Waals surface area contributed by atoms with Crippen LogP contribution in [0.2, 0.25) is 0 Å². The number of ether oxygens (including phenoxy) is 2. The van der Waals surface area contributed by atoms with E-state index in [9.17, 15) is 4.79 Å². The third kappa shape index (κ3) is 4.12. The summed E-state index contributed by atoms with van der Waals surface area (Å²) in [4.78, 5) is 15.4. The summed E-state index contributed by atoms with van der Waals surface area (Å²) in [5.74, 6) is 1.61. The van der Waals surface area contributed by atoms with Crippen molar-refractivity contribution < 1.29 is 14.3 Å². The van der Waals surface area contributed by atoms with E-state index in [-0.39, 0.29) is 11.9 Å². The van der Waals surface area contributed by atoms with Crippen molar-refractivity contribution in [3.05, 3.63) is 59.7 Å². The van der Waals surface area contributed by atoms with Gasteiger partial charge in [0, 0.05) is 12.0 Å². The van der Waals surface area contributed by atoms with E-state index < -0.39 is 0 Å². The maximum absolute atomic E-state index is 13.2. The van der Waals surface area contributed by atoms with Gasteiger partial charge < -0.3 is 9.47 Å². The molecule has 1 fully saturated rings. The van der Waals surface area contributed by atoms with E-state index >= 15 is 0 Å². The summed E-state index contributed by atoms with van der Waals surface area (Å²) in [6.07, 6.45) is 2.97. The number of carbonyl (C=O) groups is 1. The standard InChI is InChI=1S/C23H27N3O3/c1-28-18-11-9-17(10-12-18)21-15-20(19-7-3-4-8-22(19)29-2)24-26(21)23(27)16-25-13-5-6-14-25/h3-4,7-12,21H,5-6,13-16H2,1-2H3. The Balaban J connectivity index is 1.64. The Hall–Kier alpha value is -2.86. The molecule has 0 spiro atoms. The zero-order chi connectivity index (χ0) is 20.2. The Morgan fingerprint density at radius 1 is 1.03 bits per heavy atom. The zero-order valence-corrected chi connectivity index (χ0v) is 17.0. The predicted molar refractivity (Wildman–Crippen MR) is 112 cm³/mol. The molecule has 0 N–H and O–H groups in total. The van der Waals surface area contributed by atoms with Crippen LogP contribution in [0.4, 0.5) is 0 Å². The summed E-state index contributed by atoms with van der Waals surface area (Å²) < 4.78 is 10.8. The van der Waals surface area contributed by atoms with E-state index in [0.29, 0.717) is 13.0 Å². The monoisotopic (exact) mass is 393 g/mol. The molecule has 2 aromatic carbocycles. The van der Waals surface area contributed by atoms with Gasteiger partial charge in [-0.2, -0.15) is 5.10 Å². The van der Waals surface area contributed by atoms with Crippen molar-refractivity contribution in [1.82, 2.24) is 9.91 Å². The van der Waals surface area contributed by atoms with Gasteiger partial charge in [0.15, 0.2) is 0 Å². The van der Waals surface area contributed by atoms with Crippen LogP contribution >= 0.6 is 0 Å². The van der Waals surface area contributed by atoms with Gasteiger partial charge in [0.25, 0.3) is 5.91 Å². The number of amides is 1. The average Bonchev–Trinajstić information content (AvgIpc) is 3.44. The predicted octanol–water partition coefficient (Wildman–Crippen LogP) is 3.48. The van der Waals surface area contributed by atoms with E-state index in [4.69, 9.17) is 14.6 Å². The summed E-state index contributed by atoms with van der Waals surface area (Å²) in [6.45, 7) is 2.38. The van der Waals surface area contributed by atoms with E-state index in [1.807, 2.05) is 48.5 Å². The molecule has 1 atom stereocenters. The second-order valence-electron chi connectivity index (χ2n) is 7.46. The molecule has 2 aliphatic heterocycles. The number of hydrogen-bond acceptors (Lipinski definition) is 5. The van der Waals surface area contributed by atoms with Crippen LogP contribution in [-0.2, 0) is 4.79 Å². The number of benzene rings is 2. The van der Waals surface area contributed by atoms with Gasteiger partial charge in [-0.25, -0.2) is 5.01 Å². The van der Waals surface area contributed by atoms with Crippen LogP contribution in [0.5, 0.6) is 11.5 Å². The third-order valence-corrected chi connectivity index (χ3v) is 5.64. The van der Waals surface area contributed by atoms with Crippen LogP contribution < -0.4 is 9.47 Å². The third-order valence-electron chi connectivity index (χ3n) is 5.64. The maximum atomic E-state index is 13.2. The number of hydrogen-bond donors (Lipinski definition) is 0. The highest BCUT2D eigenvalue weighted by molar-refractivity contribution is 6.05. The van der Waals surface area contributed by atoms with Crippen molar-refractivity contribution in [3.63, 3.8) is 0 Å². The van der Waals surface area contributed by atoms with Gasteiger partial charge >= 0.3 is 0 Å². The summed E-state index contributed by atoms with van der Waals surface area (Å²) in [5, 5.41) is 6.44. The van der Waals surface area contributed by atoms with Crippen molar-refractivity contribution in [2.24, 2.45) is 5.10 Å². The molecule has 4 rings (SSSR count). The van der Waals surface area contributed by atoms with E-state index in [1.165, 1.54) is 0 Å². The number of para-hydroxylation sites is 1. The number of likely N-dealkylation sites (tertiary alicyclic amines) is 1. The van der Waals surface area contributed by atoms with Crippen molar-refractivity contribution in [2.75, 3.05) is 33.9 Å². The lowest BCUT2D eigenvalue weighted by atomic mass is 9.98. The van der Waals surface area contributed by atoms with E-state index in [0.717, 1.165) is 54.3 Å². The molecule has 1 saturated heterocycles. The van der Waals surface area contributed by atoms with E-state index in [1.54, 1.807) is 19.2 Å².